The van der Waals surface area contributed by atoms with Crippen molar-refractivity contribution in [1.29, 1.82) is 0 Å². The SMILES string of the molecule is O=C(c1ccc(F)c(F)c1Nc1ccc(I)cc1F)N1CC(O)(CNOCC(O)CO)C1. The van der Waals surface area contributed by atoms with E-state index in [-0.39, 0.29) is 37.5 Å². The van der Waals surface area contributed by atoms with Gasteiger partial charge in [0.1, 0.15) is 17.5 Å². The summed E-state index contributed by atoms with van der Waals surface area (Å²) in [5.41, 5.74) is 0.240. The molecule has 0 radical (unpaired) electrons. The Morgan fingerprint density at radius 3 is 2.59 bits per heavy atom. The highest BCUT2D eigenvalue weighted by Crippen LogP contribution is 2.31. The van der Waals surface area contributed by atoms with Crippen molar-refractivity contribution in [2.75, 3.05) is 38.2 Å². The van der Waals surface area contributed by atoms with Crippen LogP contribution in [0.15, 0.2) is 30.3 Å². The molecule has 1 unspecified atom stereocenters. The largest absolute Gasteiger partial charge is 0.394 e. The number of carbonyl (C=O) groups is 1. The summed E-state index contributed by atoms with van der Waals surface area (Å²) < 4.78 is 43.1. The first kappa shape index (κ1) is 24.7. The molecule has 0 bridgehead atoms. The zero-order valence-electron chi connectivity index (χ0n) is 16.6. The molecule has 2 aromatic carbocycles. The predicted octanol–water partition coefficient (Wildman–Crippen LogP) is 1.51. The van der Waals surface area contributed by atoms with Gasteiger partial charge in [0.15, 0.2) is 11.6 Å². The van der Waals surface area contributed by atoms with Gasteiger partial charge in [-0.25, -0.2) is 13.2 Å². The molecule has 0 aromatic heterocycles. The van der Waals surface area contributed by atoms with Crippen LogP contribution < -0.4 is 10.8 Å². The predicted molar refractivity (Wildman–Crippen MR) is 117 cm³/mol. The van der Waals surface area contributed by atoms with Gasteiger partial charge < -0.3 is 25.5 Å². The number of anilines is 2. The molecule has 12 heteroatoms. The van der Waals surface area contributed by atoms with Crippen LogP contribution in [-0.4, -0.2) is 70.7 Å². The van der Waals surface area contributed by atoms with Crippen LogP contribution in [0.5, 0.6) is 0 Å². The number of amides is 1. The molecule has 32 heavy (non-hydrogen) atoms. The minimum absolute atomic E-state index is 0.0777. The number of hydroxylamine groups is 1. The van der Waals surface area contributed by atoms with E-state index in [0.717, 1.165) is 12.1 Å². The monoisotopic (exact) mass is 567 g/mol. The smallest absolute Gasteiger partial charge is 0.256 e. The van der Waals surface area contributed by atoms with Crippen molar-refractivity contribution in [3.05, 3.63) is 56.9 Å². The summed E-state index contributed by atoms with van der Waals surface area (Å²) in [6.45, 7) is -1.01. The first-order chi connectivity index (χ1) is 15.1. The first-order valence-electron chi connectivity index (χ1n) is 9.49. The molecule has 3 rings (SSSR count). The molecule has 1 saturated heterocycles. The lowest BCUT2D eigenvalue weighted by atomic mass is 9.93. The van der Waals surface area contributed by atoms with E-state index in [2.05, 4.69) is 10.8 Å². The average molecular weight is 567 g/mol. The fourth-order valence-electron chi connectivity index (χ4n) is 3.06. The number of benzene rings is 2. The Kier molecular flexibility index (Phi) is 7.95. The minimum Gasteiger partial charge on any atom is -0.394 e. The Balaban J connectivity index is 1.69. The number of nitrogens with zero attached hydrogens (tertiary/aromatic N) is 1. The van der Waals surface area contributed by atoms with Gasteiger partial charge in [0.25, 0.3) is 5.91 Å². The maximum Gasteiger partial charge on any atom is 0.256 e. The topological polar surface area (TPSA) is 114 Å². The Labute approximate surface area is 195 Å². The van der Waals surface area contributed by atoms with Gasteiger partial charge in [0, 0.05) is 3.57 Å². The minimum atomic E-state index is -1.34. The van der Waals surface area contributed by atoms with Crippen LogP contribution in [0.4, 0.5) is 24.5 Å². The maximum absolute atomic E-state index is 14.5. The van der Waals surface area contributed by atoms with E-state index < -0.39 is 47.4 Å². The fraction of sp³-hybridized carbons (Fsp3) is 0.350. The number of carbonyl (C=O) groups excluding carboxylic acids is 1. The van der Waals surface area contributed by atoms with Crippen molar-refractivity contribution >= 4 is 39.9 Å². The summed E-state index contributed by atoms with van der Waals surface area (Å²) in [5.74, 6) is -3.92. The van der Waals surface area contributed by atoms with Crippen LogP contribution in [0, 0.1) is 21.0 Å². The fourth-order valence-corrected chi connectivity index (χ4v) is 3.51. The lowest BCUT2D eigenvalue weighted by Gasteiger charge is -2.46. The third-order valence-corrected chi connectivity index (χ3v) is 5.43. The number of nitrogens with one attached hydrogen (secondary N) is 2. The Hall–Kier alpha value is -1.97. The van der Waals surface area contributed by atoms with Gasteiger partial charge in [-0.05, 0) is 52.9 Å². The summed E-state index contributed by atoms with van der Waals surface area (Å²) in [7, 11) is 0. The second-order valence-electron chi connectivity index (χ2n) is 7.39. The van der Waals surface area contributed by atoms with Crippen molar-refractivity contribution in [2.24, 2.45) is 0 Å². The van der Waals surface area contributed by atoms with Crippen molar-refractivity contribution < 1.29 is 38.1 Å². The Morgan fingerprint density at radius 1 is 1.22 bits per heavy atom. The Morgan fingerprint density at radius 2 is 1.94 bits per heavy atom. The molecule has 1 heterocycles. The maximum atomic E-state index is 14.5. The Bertz CT molecular complexity index is 991. The molecular formula is C20H21F3IN3O5. The molecule has 1 aliphatic rings. The number of halogens is 4. The molecule has 1 aliphatic heterocycles. The van der Waals surface area contributed by atoms with Crippen LogP contribution >= 0.6 is 22.6 Å². The van der Waals surface area contributed by atoms with Crippen LogP contribution in [0.25, 0.3) is 0 Å². The van der Waals surface area contributed by atoms with Gasteiger partial charge in [-0.1, -0.05) is 0 Å². The van der Waals surface area contributed by atoms with Gasteiger partial charge in [-0.2, -0.15) is 5.48 Å². The first-order valence-corrected chi connectivity index (χ1v) is 10.6. The summed E-state index contributed by atoms with van der Waals surface area (Å²) >= 11 is 1.90. The summed E-state index contributed by atoms with van der Waals surface area (Å²) in [5, 5.41) is 30.8. The zero-order valence-corrected chi connectivity index (χ0v) is 18.8. The van der Waals surface area contributed by atoms with E-state index >= 15 is 0 Å². The molecule has 1 fully saturated rings. The lowest BCUT2D eigenvalue weighted by molar-refractivity contribution is -0.114. The van der Waals surface area contributed by atoms with Crippen molar-refractivity contribution in [1.82, 2.24) is 10.4 Å². The van der Waals surface area contributed by atoms with Crippen LogP contribution in [0.1, 0.15) is 10.4 Å². The molecule has 0 spiro atoms. The molecule has 5 N–H and O–H groups in total. The van der Waals surface area contributed by atoms with Gasteiger partial charge in [-0.15, -0.1) is 0 Å². The number of rotatable bonds is 9. The number of hydrogen-bond acceptors (Lipinski definition) is 7. The van der Waals surface area contributed by atoms with Crippen molar-refractivity contribution in [2.45, 2.75) is 11.7 Å². The quantitative estimate of drug-likeness (QED) is 0.178. The number of aliphatic hydroxyl groups is 3. The van der Waals surface area contributed by atoms with Gasteiger partial charge in [0.05, 0.1) is 49.8 Å². The molecule has 1 atom stereocenters. The highest BCUT2D eigenvalue weighted by Gasteiger charge is 2.44. The number of hydrogen-bond donors (Lipinski definition) is 5. The molecule has 2 aromatic rings. The number of likely N-dealkylation sites (tertiary alicyclic amines) is 1. The van der Waals surface area contributed by atoms with E-state index in [4.69, 9.17) is 9.94 Å². The average Bonchev–Trinajstić information content (AvgIpc) is 2.73. The van der Waals surface area contributed by atoms with Crippen LogP contribution in [0.2, 0.25) is 0 Å². The lowest BCUT2D eigenvalue weighted by Crippen LogP contribution is -2.67. The zero-order chi connectivity index (χ0) is 23.5. The van der Waals surface area contributed by atoms with Crippen LogP contribution in [0.3, 0.4) is 0 Å². The summed E-state index contributed by atoms with van der Waals surface area (Å²) in [6, 6.07) is 5.99. The highest BCUT2D eigenvalue weighted by atomic mass is 127. The van der Waals surface area contributed by atoms with Crippen molar-refractivity contribution in [3.8, 4) is 0 Å². The second-order valence-corrected chi connectivity index (χ2v) is 8.63. The van der Waals surface area contributed by atoms with Gasteiger partial charge in [0.2, 0.25) is 0 Å². The number of aliphatic hydroxyl groups excluding tert-OH is 2. The molecule has 0 aliphatic carbocycles. The summed E-state index contributed by atoms with van der Waals surface area (Å²) in [4.78, 5) is 19.0. The van der Waals surface area contributed by atoms with E-state index in [0.29, 0.717) is 3.57 Å². The molecule has 0 saturated carbocycles. The van der Waals surface area contributed by atoms with Crippen LogP contribution in [-0.2, 0) is 4.84 Å². The summed E-state index contributed by atoms with van der Waals surface area (Å²) in [6.07, 6.45) is -1.08. The van der Waals surface area contributed by atoms with E-state index in [9.17, 15) is 28.2 Å². The second kappa shape index (κ2) is 10.3. The van der Waals surface area contributed by atoms with Gasteiger partial charge >= 0.3 is 0 Å². The molecule has 174 valence electrons. The standard InChI is InChI=1S/C20H21F3IN3O5/c21-14-3-2-13(18(17(14)23)26-16-4-1-11(24)5-15(16)22)19(30)27-9-20(31,10-27)8-25-32-7-12(29)6-28/h1-5,12,25-26,28-29,31H,6-10H2. The third kappa shape index (κ3) is 5.68. The highest BCUT2D eigenvalue weighted by molar-refractivity contribution is 14.1. The van der Waals surface area contributed by atoms with E-state index in [1.807, 2.05) is 22.6 Å². The van der Waals surface area contributed by atoms with E-state index in [1.54, 1.807) is 6.07 Å². The molecule has 1 amide bonds. The molecule has 8 nitrogen and oxygen atoms in total. The number of β-amino-alcohol motifs (C(OH)–C–C–N with tert-alkyl or cyclic N) is 1. The molecular weight excluding hydrogens is 546 g/mol. The van der Waals surface area contributed by atoms with Gasteiger partial charge in [-0.3, -0.25) is 9.63 Å². The van der Waals surface area contributed by atoms with E-state index in [1.165, 1.54) is 17.0 Å². The third-order valence-electron chi connectivity index (χ3n) is 4.76. The normalized spacial score (nSPS) is 15.9. The van der Waals surface area contributed by atoms with Crippen molar-refractivity contribution in [3.63, 3.8) is 0 Å².